The molecular formula is C40H82BO4Sn3. The summed E-state index contributed by atoms with van der Waals surface area (Å²) in [7, 11) is 1.91. The summed E-state index contributed by atoms with van der Waals surface area (Å²) >= 11 is -9.25. The van der Waals surface area contributed by atoms with E-state index >= 15 is 0 Å². The van der Waals surface area contributed by atoms with Gasteiger partial charge in [-0.2, -0.15) is 0 Å². The first kappa shape index (κ1) is 47.2. The summed E-state index contributed by atoms with van der Waals surface area (Å²) in [6.07, 6.45) is 22.7. The molecule has 0 aromatic carbocycles. The third-order valence-electron chi connectivity index (χ3n) is 10.6. The standard InChI is InChI=1S/C4H4BO4.9C4H9.3Sn/c6-2-1-5-9-4(8)3(2)7;9*1-3-4-2;;;/h1,6-8H;9*1,3-4H2,2H3;;;/q;;;;;;;;;;3*+1/p-3. The minimum absolute atomic E-state index is 0.735. The van der Waals surface area contributed by atoms with Crippen LogP contribution in [0.25, 0.3) is 0 Å². The normalized spacial score (nSPS) is 14.1. The molecule has 0 fully saturated rings. The van der Waals surface area contributed by atoms with Crippen LogP contribution in [0.5, 0.6) is 0 Å². The SMILES string of the molecule is CCC[CH2][Sn]([CH2]CCC)([CH2]CCC)[O]C1=C[B]OC([O][Sn]([CH2]CCC)([CH2]CCC)[CH2]CCC)=C1[O][Sn]([CH2]CCC)([CH2]CCC)[CH2]CCC. The van der Waals surface area contributed by atoms with Crippen LogP contribution in [0.4, 0.5) is 0 Å². The van der Waals surface area contributed by atoms with Crippen molar-refractivity contribution in [3.05, 3.63) is 23.4 Å². The Morgan fingerprint density at radius 1 is 0.417 bits per heavy atom. The van der Waals surface area contributed by atoms with E-state index in [0.717, 1.165) is 17.5 Å². The molecule has 1 rings (SSSR count). The van der Waals surface area contributed by atoms with Crippen molar-refractivity contribution in [2.45, 2.75) is 218 Å². The molecule has 1 aliphatic rings. The zero-order chi connectivity index (χ0) is 35.6. The molecule has 0 aromatic rings. The van der Waals surface area contributed by atoms with Crippen LogP contribution in [0, 0.1) is 0 Å². The molecule has 48 heavy (non-hydrogen) atoms. The molecule has 0 aromatic heterocycles. The van der Waals surface area contributed by atoms with Gasteiger partial charge in [-0.3, -0.25) is 0 Å². The van der Waals surface area contributed by atoms with Crippen LogP contribution in [0.3, 0.4) is 0 Å². The fourth-order valence-corrected chi connectivity index (χ4v) is 47.1. The van der Waals surface area contributed by atoms with Gasteiger partial charge in [-0.25, -0.2) is 0 Å². The Hall–Kier alpha value is 1.14. The second-order valence-electron chi connectivity index (χ2n) is 15.2. The van der Waals surface area contributed by atoms with Crippen molar-refractivity contribution in [2.75, 3.05) is 0 Å². The van der Waals surface area contributed by atoms with Gasteiger partial charge in [0.1, 0.15) is 0 Å². The van der Waals surface area contributed by atoms with E-state index in [1.807, 2.05) is 7.48 Å². The average molecular weight is 994 g/mol. The number of rotatable bonds is 33. The molecule has 8 heteroatoms. The number of unbranched alkanes of at least 4 members (excludes halogenated alkanes) is 9. The van der Waals surface area contributed by atoms with E-state index < -0.39 is 56.4 Å². The van der Waals surface area contributed by atoms with E-state index in [-0.39, 0.29) is 0 Å². The summed E-state index contributed by atoms with van der Waals surface area (Å²) in [5, 5.41) is 0. The monoisotopic (exact) mass is 997 g/mol. The molecule has 0 N–H and O–H groups in total. The van der Waals surface area contributed by atoms with Gasteiger partial charge in [-0.15, -0.1) is 0 Å². The van der Waals surface area contributed by atoms with E-state index in [1.54, 1.807) is 0 Å². The molecular weight excluding hydrogens is 911 g/mol. The van der Waals surface area contributed by atoms with Gasteiger partial charge in [0.25, 0.3) is 0 Å². The summed E-state index contributed by atoms with van der Waals surface area (Å²) in [6.45, 7) is 21.2. The maximum absolute atomic E-state index is 7.82. The molecule has 0 bridgehead atoms. The Balaban J connectivity index is 3.95. The summed E-state index contributed by atoms with van der Waals surface area (Å²) in [4.78, 5) is 0. The van der Waals surface area contributed by atoms with Crippen molar-refractivity contribution in [3.8, 4) is 0 Å². The Kier molecular flexibility index (Phi) is 28.1. The molecule has 1 radical (unpaired) electrons. The number of hydrogen-bond acceptors (Lipinski definition) is 4. The van der Waals surface area contributed by atoms with Crippen LogP contribution in [0.2, 0.25) is 39.9 Å². The zero-order valence-electron chi connectivity index (χ0n) is 33.9. The number of hydrogen-bond donors (Lipinski definition) is 0. The van der Waals surface area contributed by atoms with Gasteiger partial charge in [0.05, 0.1) is 0 Å². The molecule has 1 aliphatic heterocycles. The van der Waals surface area contributed by atoms with E-state index in [0.29, 0.717) is 0 Å². The average Bonchev–Trinajstić information content (AvgIpc) is 3.11. The summed E-state index contributed by atoms with van der Waals surface area (Å²) in [6, 6.07) is 0. The molecule has 281 valence electrons. The van der Waals surface area contributed by atoms with Gasteiger partial charge in [0.15, 0.2) is 0 Å². The molecule has 0 saturated heterocycles. The Morgan fingerprint density at radius 3 is 0.979 bits per heavy atom. The van der Waals surface area contributed by atoms with Crippen molar-refractivity contribution >= 4 is 63.9 Å². The molecule has 0 aliphatic carbocycles. The Labute approximate surface area is 316 Å². The first-order valence-corrected chi connectivity index (χ1v) is 43.0. The Bertz CT molecular complexity index is 800. The zero-order valence-corrected chi connectivity index (χ0v) is 42.4. The van der Waals surface area contributed by atoms with Crippen molar-refractivity contribution < 1.29 is 13.9 Å². The van der Waals surface area contributed by atoms with Crippen LogP contribution in [-0.4, -0.2) is 63.9 Å². The molecule has 0 spiro atoms. The third kappa shape index (κ3) is 17.8. The fourth-order valence-electron chi connectivity index (χ4n) is 7.35. The molecule has 0 atom stereocenters. The second kappa shape index (κ2) is 28.6. The maximum atomic E-state index is 7.82. The summed E-state index contributed by atoms with van der Waals surface area (Å²) < 4.78 is 41.4. The molecule has 0 unspecified atom stereocenters. The quantitative estimate of drug-likeness (QED) is 0.0614. The van der Waals surface area contributed by atoms with Crippen LogP contribution in [0.1, 0.15) is 178 Å². The minimum atomic E-state index is -3.13. The summed E-state index contributed by atoms with van der Waals surface area (Å²) in [5.41, 5.74) is 0. The molecule has 1 heterocycles. The molecule has 4 nitrogen and oxygen atoms in total. The molecule has 0 saturated carbocycles. The predicted octanol–water partition coefficient (Wildman–Crippen LogP) is 14.7. The predicted molar refractivity (Wildman–Crippen MR) is 220 cm³/mol. The van der Waals surface area contributed by atoms with E-state index in [1.165, 1.54) is 156 Å². The fraction of sp³-hybridized carbons (Fsp3) is 0.900. The Morgan fingerprint density at radius 2 is 0.688 bits per heavy atom. The molecule has 0 amide bonds. The van der Waals surface area contributed by atoms with E-state index in [9.17, 15) is 0 Å². The third-order valence-corrected chi connectivity index (χ3v) is 48.6. The first-order valence-electron chi connectivity index (χ1n) is 21.3. The van der Waals surface area contributed by atoms with Gasteiger partial charge in [0.2, 0.25) is 0 Å². The van der Waals surface area contributed by atoms with Crippen molar-refractivity contribution in [1.29, 1.82) is 0 Å². The van der Waals surface area contributed by atoms with Crippen LogP contribution >= 0.6 is 0 Å². The topological polar surface area (TPSA) is 36.9 Å². The van der Waals surface area contributed by atoms with Crippen LogP contribution in [-0.2, 0) is 13.9 Å². The van der Waals surface area contributed by atoms with E-state index in [4.69, 9.17) is 13.9 Å². The van der Waals surface area contributed by atoms with Gasteiger partial charge in [0, 0.05) is 0 Å². The van der Waals surface area contributed by atoms with E-state index in [2.05, 4.69) is 68.3 Å². The first-order chi connectivity index (χ1) is 23.3. The van der Waals surface area contributed by atoms with Gasteiger partial charge >= 0.3 is 319 Å². The summed E-state index contributed by atoms with van der Waals surface area (Å²) in [5.74, 6) is 4.85. The van der Waals surface area contributed by atoms with Crippen molar-refractivity contribution in [2.24, 2.45) is 0 Å². The van der Waals surface area contributed by atoms with Crippen molar-refractivity contribution in [3.63, 3.8) is 0 Å². The van der Waals surface area contributed by atoms with Gasteiger partial charge in [-0.1, -0.05) is 0 Å². The van der Waals surface area contributed by atoms with Crippen LogP contribution < -0.4 is 0 Å². The van der Waals surface area contributed by atoms with Gasteiger partial charge in [-0.05, 0) is 0 Å². The second-order valence-corrected chi connectivity index (χ2v) is 50.0. The van der Waals surface area contributed by atoms with Gasteiger partial charge < -0.3 is 0 Å². The van der Waals surface area contributed by atoms with Crippen molar-refractivity contribution in [1.82, 2.24) is 0 Å². The van der Waals surface area contributed by atoms with Crippen LogP contribution in [0.15, 0.2) is 23.4 Å².